The van der Waals surface area contributed by atoms with Crippen LogP contribution in [0.1, 0.15) is 206 Å². The third kappa shape index (κ3) is 37.6. The maximum atomic E-state index is 12.4. The second-order valence-electron chi connectivity index (χ2n) is 13.6. The Labute approximate surface area is 295 Å². The quantitative estimate of drug-likeness (QED) is 0.0284. The van der Waals surface area contributed by atoms with Gasteiger partial charge in [-0.25, -0.2) is 4.57 Å². The first kappa shape index (κ1) is 46.8. The highest BCUT2D eigenvalue weighted by Crippen LogP contribution is 2.36. The van der Waals surface area contributed by atoms with E-state index in [0.717, 1.165) is 51.4 Å². The van der Waals surface area contributed by atoms with Crippen LogP contribution in [0.25, 0.3) is 0 Å². The third-order valence-corrected chi connectivity index (χ3v) is 9.27. The highest BCUT2D eigenvalue weighted by molar-refractivity contribution is 7.46. The lowest BCUT2D eigenvalue weighted by Crippen LogP contribution is -2.29. The molecule has 284 valence electrons. The van der Waals surface area contributed by atoms with E-state index in [9.17, 15) is 14.2 Å². The first-order chi connectivity index (χ1) is 23.3. The largest absolute Gasteiger partial charge is 0.469 e. The Morgan fingerprint density at radius 3 is 1.27 bits per heavy atom. The van der Waals surface area contributed by atoms with Crippen LogP contribution < -0.4 is 0 Å². The number of hydrogen-bond acceptors (Lipinski definition) is 6. The topological polar surface area (TPSA) is 119 Å². The zero-order chi connectivity index (χ0) is 35.4. The highest BCUT2D eigenvalue weighted by Gasteiger charge is 2.22. The minimum absolute atomic E-state index is 0.206. The molecule has 2 N–H and O–H groups in total. The Morgan fingerprint density at radius 1 is 0.521 bits per heavy atom. The van der Waals surface area contributed by atoms with E-state index in [1.807, 2.05) is 0 Å². The molecule has 0 spiro atoms. The summed E-state index contributed by atoms with van der Waals surface area (Å²) >= 11 is 0. The fourth-order valence-electron chi connectivity index (χ4n) is 5.78. The van der Waals surface area contributed by atoms with Gasteiger partial charge in [-0.15, -0.1) is 0 Å². The summed E-state index contributed by atoms with van der Waals surface area (Å²) in [4.78, 5) is 42.7. The first-order valence-electron chi connectivity index (χ1n) is 20.0. The lowest BCUT2D eigenvalue weighted by atomic mass is 10.0. The number of esters is 2. The molecule has 9 heteroatoms. The molecular weight excluding hydrogens is 627 g/mol. The summed E-state index contributed by atoms with van der Waals surface area (Å²) < 4.78 is 26.3. The first-order valence-corrected chi connectivity index (χ1v) is 21.5. The van der Waals surface area contributed by atoms with Crippen LogP contribution in [0, 0.1) is 0 Å². The predicted octanol–water partition coefficient (Wildman–Crippen LogP) is 11.8. The zero-order valence-electron chi connectivity index (χ0n) is 31.2. The van der Waals surface area contributed by atoms with Crippen LogP contribution >= 0.6 is 7.82 Å². The van der Waals surface area contributed by atoms with E-state index < -0.39 is 32.5 Å². The second kappa shape index (κ2) is 35.6. The molecule has 8 nitrogen and oxygen atoms in total. The lowest BCUT2D eigenvalue weighted by Gasteiger charge is -2.18. The van der Waals surface area contributed by atoms with Crippen molar-refractivity contribution >= 4 is 19.8 Å². The second-order valence-corrected chi connectivity index (χ2v) is 14.9. The lowest BCUT2D eigenvalue weighted by molar-refractivity contribution is -0.161. The molecular formula is C39H75O8P. The Hall–Kier alpha value is -1.21. The Kier molecular flexibility index (Phi) is 34.7. The van der Waals surface area contributed by atoms with Gasteiger partial charge in [0.25, 0.3) is 0 Å². The molecule has 0 heterocycles. The van der Waals surface area contributed by atoms with E-state index in [4.69, 9.17) is 19.3 Å². The third-order valence-electron chi connectivity index (χ3n) is 8.78. The fraction of sp³-hybridized carbons (Fsp3) is 0.897. The normalized spacial score (nSPS) is 12.5. The van der Waals surface area contributed by atoms with Gasteiger partial charge in [0, 0.05) is 12.8 Å². The molecule has 0 saturated carbocycles. The van der Waals surface area contributed by atoms with Gasteiger partial charge in [-0.3, -0.25) is 14.1 Å². The van der Waals surface area contributed by atoms with E-state index >= 15 is 0 Å². The molecule has 0 fully saturated rings. The molecule has 0 bridgehead atoms. The molecule has 0 aliphatic heterocycles. The van der Waals surface area contributed by atoms with E-state index in [0.29, 0.717) is 6.42 Å². The summed E-state index contributed by atoms with van der Waals surface area (Å²) in [7, 11) is -4.75. The Morgan fingerprint density at radius 2 is 0.875 bits per heavy atom. The van der Waals surface area contributed by atoms with E-state index in [-0.39, 0.29) is 19.4 Å². The standard InChI is InChI=1S/C39H75O8P/c1-3-5-7-9-11-13-15-17-19-21-23-25-27-29-31-33-38(40)45-35-37(36-46-48(42,43)44)47-39(41)34-32-30-28-26-24-22-20-18-16-14-12-10-8-6-4-2/h18,20,37H,3-17,19,21-36H2,1-2H3,(H2,42,43,44)/b20-18+/t37-/m1/s1. The van der Waals surface area contributed by atoms with Gasteiger partial charge >= 0.3 is 19.8 Å². The number of rotatable bonds is 37. The van der Waals surface area contributed by atoms with Gasteiger partial charge in [0.05, 0.1) is 6.61 Å². The molecule has 0 radical (unpaired) electrons. The molecule has 48 heavy (non-hydrogen) atoms. The molecule has 0 unspecified atom stereocenters. The van der Waals surface area contributed by atoms with Crippen LogP contribution in [0.5, 0.6) is 0 Å². The summed E-state index contributed by atoms with van der Waals surface area (Å²) in [5.41, 5.74) is 0. The summed E-state index contributed by atoms with van der Waals surface area (Å²) in [5.74, 6) is -0.885. The average molecular weight is 703 g/mol. The molecule has 0 aromatic heterocycles. The zero-order valence-corrected chi connectivity index (χ0v) is 32.0. The van der Waals surface area contributed by atoms with Crippen LogP contribution in [0.4, 0.5) is 0 Å². The fourth-order valence-corrected chi connectivity index (χ4v) is 6.14. The molecule has 1 atom stereocenters. The van der Waals surface area contributed by atoms with Crippen molar-refractivity contribution in [3.05, 3.63) is 12.2 Å². The molecule has 0 aromatic carbocycles. The van der Waals surface area contributed by atoms with Gasteiger partial charge in [0.1, 0.15) is 6.61 Å². The minimum atomic E-state index is -4.75. The van der Waals surface area contributed by atoms with Gasteiger partial charge in [0.2, 0.25) is 0 Å². The van der Waals surface area contributed by atoms with Crippen LogP contribution in [-0.2, 0) is 28.2 Å². The number of unbranched alkanes of at least 4 members (excludes halogenated alkanes) is 25. The smallest absolute Gasteiger partial charge is 0.462 e. The van der Waals surface area contributed by atoms with E-state index in [1.54, 1.807) is 0 Å². The van der Waals surface area contributed by atoms with Crippen molar-refractivity contribution in [2.24, 2.45) is 0 Å². The number of carbonyl (C=O) groups excluding carboxylic acids is 2. The summed E-state index contributed by atoms with van der Waals surface area (Å²) in [6, 6.07) is 0. The number of ether oxygens (including phenoxy) is 2. The van der Waals surface area contributed by atoms with Crippen molar-refractivity contribution in [1.29, 1.82) is 0 Å². The number of carbonyl (C=O) groups is 2. The molecule has 0 amide bonds. The molecule has 0 aliphatic rings. The van der Waals surface area contributed by atoms with Gasteiger partial charge in [-0.05, 0) is 38.5 Å². The number of phosphoric acid groups is 1. The SMILES string of the molecule is CCCCCCCC/C=C/CCCCCCCC(=O)O[C@H](COC(=O)CCCCCCCCCCCCCCCCC)COP(=O)(O)O. The number of allylic oxidation sites excluding steroid dienone is 2. The van der Waals surface area contributed by atoms with Gasteiger partial charge in [-0.1, -0.05) is 167 Å². The van der Waals surface area contributed by atoms with Crippen LogP contribution in [0.15, 0.2) is 12.2 Å². The Balaban J connectivity index is 3.92. The Bertz CT molecular complexity index is 797. The average Bonchev–Trinajstić information content (AvgIpc) is 3.05. The summed E-state index contributed by atoms with van der Waals surface area (Å²) in [6.07, 6.45) is 37.8. The predicted molar refractivity (Wildman–Crippen MR) is 198 cm³/mol. The molecule has 0 rings (SSSR count). The summed E-state index contributed by atoms with van der Waals surface area (Å²) in [5, 5.41) is 0. The molecule has 0 aliphatic carbocycles. The highest BCUT2D eigenvalue weighted by atomic mass is 31.2. The van der Waals surface area contributed by atoms with E-state index in [1.165, 1.54) is 122 Å². The van der Waals surface area contributed by atoms with Crippen molar-refractivity contribution in [2.45, 2.75) is 213 Å². The van der Waals surface area contributed by atoms with Crippen LogP contribution in [0.3, 0.4) is 0 Å². The van der Waals surface area contributed by atoms with Crippen LogP contribution in [-0.4, -0.2) is 41.0 Å². The monoisotopic (exact) mass is 703 g/mol. The van der Waals surface area contributed by atoms with Crippen molar-refractivity contribution in [3.8, 4) is 0 Å². The van der Waals surface area contributed by atoms with Crippen molar-refractivity contribution in [1.82, 2.24) is 0 Å². The number of hydrogen-bond donors (Lipinski definition) is 2. The van der Waals surface area contributed by atoms with Crippen molar-refractivity contribution in [3.63, 3.8) is 0 Å². The maximum absolute atomic E-state index is 12.4. The van der Waals surface area contributed by atoms with Gasteiger partial charge < -0.3 is 19.3 Å². The van der Waals surface area contributed by atoms with Gasteiger partial charge in [0.15, 0.2) is 6.10 Å². The molecule has 0 aromatic rings. The van der Waals surface area contributed by atoms with Crippen molar-refractivity contribution < 1.29 is 37.9 Å². The van der Waals surface area contributed by atoms with E-state index in [2.05, 4.69) is 30.5 Å². The van der Waals surface area contributed by atoms with Crippen molar-refractivity contribution in [2.75, 3.05) is 13.2 Å². The van der Waals surface area contributed by atoms with Crippen LogP contribution in [0.2, 0.25) is 0 Å². The van der Waals surface area contributed by atoms with Gasteiger partial charge in [-0.2, -0.15) is 0 Å². The minimum Gasteiger partial charge on any atom is -0.462 e. The molecule has 0 saturated heterocycles. The maximum Gasteiger partial charge on any atom is 0.469 e. The summed E-state index contributed by atoms with van der Waals surface area (Å²) in [6.45, 7) is 3.68. The number of phosphoric ester groups is 1.